The highest BCUT2D eigenvalue weighted by Gasteiger charge is 2.15. The number of rotatable bonds is 5. The third-order valence-corrected chi connectivity index (χ3v) is 6.05. The van der Waals surface area contributed by atoms with E-state index in [1.165, 1.54) is 11.8 Å². The lowest BCUT2D eigenvalue weighted by molar-refractivity contribution is 0.573. The molecule has 3 heterocycles. The van der Waals surface area contributed by atoms with Crippen LogP contribution in [-0.2, 0) is 5.75 Å². The third-order valence-electron chi connectivity index (χ3n) is 4.84. The van der Waals surface area contributed by atoms with E-state index in [-0.39, 0.29) is 5.56 Å². The Morgan fingerprint density at radius 3 is 2.75 bits per heavy atom. The summed E-state index contributed by atoms with van der Waals surface area (Å²) >= 11 is 7.47. The molecule has 32 heavy (non-hydrogen) atoms. The van der Waals surface area contributed by atoms with Crippen LogP contribution >= 0.6 is 23.4 Å². The van der Waals surface area contributed by atoms with Crippen molar-refractivity contribution in [3.8, 4) is 17.3 Å². The standard InChI is InChI=1S/C24H17ClN4O2S/c1-15-9-10-21(26-12-15)29-23(30)19-7-2-3-8-20(19)28-24(29)32-14-18-13-31-22(27-18)16-5-4-6-17(25)11-16/h2-13H,14H2,1H3. The lowest BCUT2D eigenvalue weighted by atomic mass is 10.2. The molecule has 0 fully saturated rings. The molecule has 0 unspecified atom stereocenters. The first kappa shape index (κ1) is 20.5. The zero-order chi connectivity index (χ0) is 22.1. The molecule has 5 aromatic rings. The van der Waals surface area contributed by atoms with Gasteiger partial charge in [0.05, 0.1) is 16.6 Å². The van der Waals surface area contributed by atoms with Crippen LogP contribution in [0.25, 0.3) is 28.2 Å². The highest BCUT2D eigenvalue weighted by molar-refractivity contribution is 7.98. The first-order valence-corrected chi connectivity index (χ1v) is 11.2. The van der Waals surface area contributed by atoms with E-state index in [1.807, 2.05) is 49.4 Å². The zero-order valence-electron chi connectivity index (χ0n) is 17.0. The summed E-state index contributed by atoms with van der Waals surface area (Å²) in [6.07, 6.45) is 3.34. The van der Waals surface area contributed by atoms with Crippen LogP contribution < -0.4 is 5.56 Å². The van der Waals surface area contributed by atoms with Gasteiger partial charge in [-0.15, -0.1) is 0 Å². The van der Waals surface area contributed by atoms with Gasteiger partial charge in [0.2, 0.25) is 5.89 Å². The maximum absolute atomic E-state index is 13.3. The molecule has 0 saturated heterocycles. The van der Waals surface area contributed by atoms with Crippen LogP contribution in [0.1, 0.15) is 11.3 Å². The lowest BCUT2D eigenvalue weighted by Gasteiger charge is -2.12. The van der Waals surface area contributed by atoms with Crippen LogP contribution in [0.15, 0.2) is 87.5 Å². The molecule has 2 aromatic carbocycles. The molecule has 0 aliphatic carbocycles. The van der Waals surface area contributed by atoms with Crippen molar-refractivity contribution >= 4 is 34.3 Å². The molecule has 0 spiro atoms. The molecular formula is C24H17ClN4O2S. The smallest absolute Gasteiger partial charge is 0.267 e. The summed E-state index contributed by atoms with van der Waals surface area (Å²) < 4.78 is 7.18. The average molecular weight is 461 g/mol. The first-order chi connectivity index (χ1) is 15.6. The third kappa shape index (κ3) is 4.04. The largest absolute Gasteiger partial charge is 0.444 e. The SMILES string of the molecule is Cc1ccc(-n2c(SCc3coc(-c4cccc(Cl)c4)n3)nc3ccccc3c2=O)nc1. The van der Waals surface area contributed by atoms with E-state index in [0.717, 1.165) is 16.8 Å². The van der Waals surface area contributed by atoms with Gasteiger partial charge in [0.1, 0.15) is 12.1 Å². The van der Waals surface area contributed by atoms with Crippen molar-refractivity contribution in [2.24, 2.45) is 0 Å². The molecule has 0 N–H and O–H groups in total. The molecule has 6 nitrogen and oxygen atoms in total. The summed E-state index contributed by atoms with van der Waals surface area (Å²) in [5.41, 5.74) is 3.03. The lowest BCUT2D eigenvalue weighted by Crippen LogP contribution is -2.22. The number of hydrogen-bond donors (Lipinski definition) is 0. The summed E-state index contributed by atoms with van der Waals surface area (Å²) in [4.78, 5) is 27.0. The van der Waals surface area contributed by atoms with Gasteiger partial charge in [-0.3, -0.25) is 4.79 Å². The number of para-hydroxylation sites is 1. The highest BCUT2D eigenvalue weighted by Crippen LogP contribution is 2.27. The van der Waals surface area contributed by atoms with Gasteiger partial charge >= 0.3 is 0 Å². The molecule has 158 valence electrons. The number of benzene rings is 2. The van der Waals surface area contributed by atoms with Crippen LogP contribution in [0.2, 0.25) is 5.02 Å². The number of aromatic nitrogens is 4. The number of halogens is 1. The molecule has 0 radical (unpaired) electrons. The Morgan fingerprint density at radius 1 is 1.06 bits per heavy atom. The summed E-state index contributed by atoms with van der Waals surface area (Å²) in [6.45, 7) is 1.95. The Hall–Kier alpha value is -3.42. The fourth-order valence-corrected chi connectivity index (χ4v) is 4.34. The highest BCUT2D eigenvalue weighted by atomic mass is 35.5. The van der Waals surface area contributed by atoms with Gasteiger partial charge in [0.25, 0.3) is 5.56 Å². The fraction of sp³-hybridized carbons (Fsp3) is 0.0833. The van der Waals surface area contributed by atoms with Crippen LogP contribution in [0.4, 0.5) is 0 Å². The van der Waals surface area contributed by atoms with Crippen LogP contribution in [0.3, 0.4) is 0 Å². The molecule has 0 atom stereocenters. The van der Waals surface area contributed by atoms with Crippen LogP contribution in [0.5, 0.6) is 0 Å². The number of aryl methyl sites for hydroxylation is 1. The first-order valence-electron chi connectivity index (χ1n) is 9.86. The normalized spacial score (nSPS) is 11.2. The Labute approximate surface area is 192 Å². The number of oxazole rings is 1. The molecular weight excluding hydrogens is 444 g/mol. The van der Waals surface area contributed by atoms with E-state index in [0.29, 0.717) is 38.5 Å². The molecule has 0 amide bonds. The average Bonchev–Trinajstić information content (AvgIpc) is 3.28. The van der Waals surface area contributed by atoms with Crippen LogP contribution in [-0.4, -0.2) is 19.5 Å². The topological polar surface area (TPSA) is 73.8 Å². The Morgan fingerprint density at radius 2 is 1.94 bits per heavy atom. The van der Waals surface area contributed by atoms with E-state index in [9.17, 15) is 4.79 Å². The summed E-state index contributed by atoms with van der Waals surface area (Å²) in [5.74, 6) is 1.49. The molecule has 8 heteroatoms. The number of fused-ring (bicyclic) bond motifs is 1. The zero-order valence-corrected chi connectivity index (χ0v) is 18.6. The van der Waals surface area contributed by atoms with Crippen molar-refractivity contribution in [2.45, 2.75) is 17.8 Å². The molecule has 0 bridgehead atoms. The maximum Gasteiger partial charge on any atom is 0.267 e. The minimum absolute atomic E-state index is 0.158. The molecule has 0 saturated carbocycles. The second kappa shape index (κ2) is 8.61. The van der Waals surface area contributed by atoms with Gasteiger partial charge in [-0.05, 0) is 48.9 Å². The van der Waals surface area contributed by atoms with Gasteiger partial charge in [-0.2, -0.15) is 0 Å². The Bertz CT molecular complexity index is 1480. The van der Waals surface area contributed by atoms with E-state index in [4.69, 9.17) is 21.0 Å². The van der Waals surface area contributed by atoms with Crippen molar-refractivity contribution in [3.05, 3.63) is 99.8 Å². The van der Waals surface area contributed by atoms with Crippen molar-refractivity contribution in [2.75, 3.05) is 0 Å². The second-order valence-corrected chi connectivity index (χ2v) is 8.57. The van der Waals surface area contributed by atoms with Crippen molar-refractivity contribution in [3.63, 3.8) is 0 Å². The van der Waals surface area contributed by atoms with E-state index >= 15 is 0 Å². The minimum Gasteiger partial charge on any atom is -0.444 e. The van der Waals surface area contributed by atoms with Gasteiger partial charge < -0.3 is 4.42 Å². The maximum atomic E-state index is 13.3. The van der Waals surface area contributed by atoms with Crippen LogP contribution in [0, 0.1) is 6.92 Å². The predicted octanol–water partition coefficient (Wildman–Crippen LogP) is 5.69. The summed E-state index contributed by atoms with van der Waals surface area (Å²) in [7, 11) is 0. The van der Waals surface area contributed by atoms with E-state index in [2.05, 4.69) is 9.97 Å². The van der Waals surface area contributed by atoms with E-state index < -0.39 is 0 Å². The van der Waals surface area contributed by atoms with Gasteiger partial charge in [-0.1, -0.05) is 47.6 Å². The Kier molecular flexibility index (Phi) is 5.51. The van der Waals surface area contributed by atoms with Crippen molar-refractivity contribution in [1.29, 1.82) is 0 Å². The second-order valence-electron chi connectivity index (χ2n) is 7.19. The summed E-state index contributed by atoms with van der Waals surface area (Å²) in [5, 5.41) is 1.70. The number of thioether (sulfide) groups is 1. The monoisotopic (exact) mass is 460 g/mol. The summed E-state index contributed by atoms with van der Waals surface area (Å²) in [6, 6.07) is 18.4. The van der Waals surface area contributed by atoms with Crippen molar-refractivity contribution < 1.29 is 4.42 Å². The quantitative estimate of drug-likeness (QED) is 0.248. The van der Waals surface area contributed by atoms with Gasteiger partial charge in [0.15, 0.2) is 5.16 Å². The number of nitrogens with zero attached hydrogens (tertiary/aromatic N) is 4. The Balaban J connectivity index is 1.51. The number of hydrogen-bond acceptors (Lipinski definition) is 6. The molecule has 5 rings (SSSR count). The predicted molar refractivity (Wildman–Crippen MR) is 126 cm³/mol. The molecule has 0 aliphatic heterocycles. The van der Waals surface area contributed by atoms with Crippen molar-refractivity contribution in [1.82, 2.24) is 19.5 Å². The molecule has 0 aliphatic rings. The van der Waals surface area contributed by atoms with E-state index in [1.54, 1.807) is 35.2 Å². The van der Waals surface area contributed by atoms with Gasteiger partial charge in [-0.25, -0.2) is 19.5 Å². The molecule has 3 aromatic heterocycles. The minimum atomic E-state index is -0.158. The number of pyridine rings is 1. The van der Waals surface area contributed by atoms with Gasteiger partial charge in [0, 0.05) is 22.5 Å². The fourth-order valence-electron chi connectivity index (χ4n) is 3.27.